The minimum Gasteiger partial charge on any atom is -0.258 e. The maximum atomic E-state index is 10.5. The molecule has 0 radical (unpaired) electrons. The molecule has 0 spiro atoms. The number of carbonyl (C=O) groups excluding carboxylic acids is 1. The van der Waals surface area contributed by atoms with E-state index in [9.17, 15) is 14.9 Å². The number of nitro groups is 1. The molecule has 0 heterocycles. The Morgan fingerprint density at radius 3 is 2.50 bits per heavy atom. The van der Waals surface area contributed by atoms with Crippen LogP contribution in [-0.2, 0) is 4.79 Å². The van der Waals surface area contributed by atoms with Crippen molar-refractivity contribution in [2.75, 3.05) is 0 Å². The van der Waals surface area contributed by atoms with Crippen molar-refractivity contribution in [2.24, 2.45) is 0 Å². The molecule has 0 aliphatic carbocycles. The first-order chi connectivity index (χ1) is 7.41. The van der Waals surface area contributed by atoms with Crippen LogP contribution < -0.4 is 4.99 Å². The van der Waals surface area contributed by atoms with Gasteiger partial charge < -0.3 is 0 Å². The Labute approximate surface area is 73.1 Å². The first-order valence-electron chi connectivity index (χ1n) is 4.79. The van der Waals surface area contributed by atoms with Crippen LogP contribution in [0.3, 0.4) is 0 Å². The van der Waals surface area contributed by atoms with E-state index < -0.39 is 40.5 Å². The Balaban J connectivity index is 3.76. The van der Waals surface area contributed by atoms with Gasteiger partial charge in [0.25, 0.3) is 5.69 Å². The van der Waals surface area contributed by atoms with E-state index in [1.165, 1.54) is 6.08 Å². The fourth-order valence-electron chi connectivity index (χ4n) is 0.511. The van der Waals surface area contributed by atoms with Crippen LogP contribution in [0.5, 0.6) is 0 Å². The lowest BCUT2D eigenvalue weighted by atomic mass is 10.3. The van der Waals surface area contributed by atoms with Gasteiger partial charge in [-0.2, -0.15) is 4.79 Å². The molecule has 0 aliphatic rings. The SMILES string of the molecule is [3H]c1c([3H])c([N+](=O)[O-])c([3H])c([3H])c1[NH+]=C=O. The van der Waals surface area contributed by atoms with E-state index in [1.54, 1.807) is 0 Å². The quantitative estimate of drug-likeness (QED) is 0.287. The molecule has 60 valence electrons. The van der Waals surface area contributed by atoms with Crippen molar-refractivity contribution in [1.82, 2.24) is 0 Å². The summed E-state index contributed by atoms with van der Waals surface area (Å²) in [6, 6.07) is -3.00. The van der Waals surface area contributed by atoms with Gasteiger partial charge in [-0.05, 0) is 0 Å². The van der Waals surface area contributed by atoms with Crippen molar-refractivity contribution in [3.63, 3.8) is 0 Å². The van der Waals surface area contributed by atoms with Crippen LogP contribution in [0.4, 0.5) is 11.4 Å². The summed E-state index contributed by atoms with van der Waals surface area (Å²) in [5, 5.41) is 10.5. The lowest BCUT2D eigenvalue weighted by Crippen LogP contribution is -2.59. The summed E-state index contributed by atoms with van der Waals surface area (Å²) in [7, 11) is 0. The van der Waals surface area contributed by atoms with Gasteiger partial charge in [-0.25, -0.2) is 0 Å². The van der Waals surface area contributed by atoms with Crippen LogP contribution in [-0.4, -0.2) is 11.0 Å². The second-order valence-electron chi connectivity index (χ2n) is 1.71. The average Bonchev–Trinajstić information content (AvgIpc) is 2.21. The smallest absolute Gasteiger partial charge is 0.258 e. The molecule has 12 heavy (non-hydrogen) atoms. The van der Waals surface area contributed by atoms with E-state index in [1.807, 2.05) is 4.99 Å². The molecule has 0 fully saturated rings. The number of nitrogens with one attached hydrogen (secondary N) is 1. The maximum absolute atomic E-state index is 10.5. The normalized spacial score (nSPS) is 13.3. The van der Waals surface area contributed by atoms with E-state index in [4.69, 9.17) is 5.48 Å². The first-order valence-corrected chi connectivity index (χ1v) is 2.79. The molecule has 0 saturated carbocycles. The summed E-state index contributed by atoms with van der Waals surface area (Å²) in [4.78, 5) is 21.4. The highest BCUT2D eigenvalue weighted by Gasteiger charge is 2.04. The first kappa shape index (κ1) is 4.13. The maximum Gasteiger partial charge on any atom is 0.428 e. The molecule has 0 atom stereocenters. The van der Waals surface area contributed by atoms with Gasteiger partial charge in [0.2, 0.25) is 5.69 Å². The highest BCUT2D eigenvalue weighted by atomic mass is 16.6. The van der Waals surface area contributed by atoms with Crippen LogP contribution in [0.25, 0.3) is 0 Å². The highest BCUT2D eigenvalue weighted by molar-refractivity contribution is 5.41. The van der Waals surface area contributed by atoms with Gasteiger partial charge in [0.05, 0.1) is 10.4 Å². The molecule has 1 N–H and O–H groups in total. The standard InChI is InChI=1S/C7H4N2O3/c10-5-8-6-1-3-7(4-2-6)9(11)12/h1-4H/p+1/i1T,2T,3T,4T. The van der Waals surface area contributed by atoms with Gasteiger partial charge in [0, 0.05) is 24.2 Å². The molecule has 1 aromatic carbocycles. The molecule has 0 unspecified atom stereocenters. The van der Waals surface area contributed by atoms with Gasteiger partial charge >= 0.3 is 6.08 Å². The van der Waals surface area contributed by atoms with Crippen LogP contribution >= 0.6 is 0 Å². The lowest BCUT2D eigenvalue weighted by Gasteiger charge is -1.87. The van der Waals surface area contributed by atoms with E-state index in [2.05, 4.69) is 0 Å². The summed E-state index contributed by atoms with van der Waals surface area (Å²) in [6.07, 6.45) is 1.19. The molecule has 0 aromatic heterocycles. The number of hydrogen-bond donors (Lipinski definition) is 1. The predicted molar refractivity (Wildman–Crippen MR) is 39.4 cm³/mol. The van der Waals surface area contributed by atoms with E-state index in [0.29, 0.717) is 0 Å². The number of nitrogens with zero attached hydrogens (tertiary/aromatic N) is 1. The summed E-state index contributed by atoms with van der Waals surface area (Å²) >= 11 is 0. The van der Waals surface area contributed by atoms with Crippen molar-refractivity contribution >= 4 is 17.5 Å². The van der Waals surface area contributed by atoms with Crippen LogP contribution in [0.1, 0.15) is 5.48 Å². The minimum absolute atomic E-state index is 0.435. The third-order valence-electron chi connectivity index (χ3n) is 0.970. The molecule has 0 saturated heterocycles. The Kier molecular flexibility index (Phi) is 1.17. The van der Waals surface area contributed by atoms with Crippen LogP contribution in [0.15, 0.2) is 24.2 Å². The summed E-state index contributed by atoms with van der Waals surface area (Å²) in [5.74, 6) is 0. The monoisotopic (exact) mass is 173 g/mol. The third-order valence-corrected chi connectivity index (χ3v) is 0.970. The van der Waals surface area contributed by atoms with Gasteiger partial charge in [-0.15, -0.1) is 4.99 Å². The molecule has 0 amide bonds. The number of isocyanates is 1. The molecular weight excluding hydrogens is 160 g/mol. The Morgan fingerprint density at radius 1 is 1.50 bits per heavy atom. The number of rotatable bonds is 2. The highest BCUT2D eigenvalue weighted by Crippen LogP contribution is 2.11. The van der Waals surface area contributed by atoms with Crippen LogP contribution in [0.2, 0.25) is 0 Å². The summed E-state index contributed by atoms with van der Waals surface area (Å²) < 4.78 is 29.2. The molecule has 1 aromatic rings. The zero-order valence-corrected chi connectivity index (χ0v) is 5.67. The summed E-state index contributed by atoms with van der Waals surface area (Å²) in [5.41, 5.74) is -1.36. The van der Waals surface area contributed by atoms with E-state index >= 15 is 0 Å². The lowest BCUT2D eigenvalue weighted by molar-refractivity contribution is -0.385. The average molecular weight is 173 g/mol. The molecule has 5 heteroatoms. The Bertz CT molecular complexity index is 463. The molecule has 5 nitrogen and oxygen atoms in total. The van der Waals surface area contributed by atoms with Crippen LogP contribution in [0, 0.1) is 10.1 Å². The van der Waals surface area contributed by atoms with Gasteiger partial charge in [-0.3, -0.25) is 10.1 Å². The zero-order valence-electron chi connectivity index (χ0n) is 9.67. The molecule has 0 aliphatic heterocycles. The second kappa shape index (κ2) is 3.41. The predicted octanol–water partition coefficient (Wildman–Crippen LogP) is -0.357. The number of nitro benzene ring substituents is 1. The third kappa shape index (κ3) is 1.74. The number of hydrogen-bond acceptors (Lipinski definition) is 3. The minimum atomic E-state index is -1.00. The fraction of sp³-hybridized carbons (Fsp3) is 0. The largest absolute Gasteiger partial charge is 0.428 e. The van der Waals surface area contributed by atoms with Crippen molar-refractivity contribution in [3.8, 4) is 0 Å². The van der Waals surface area contributed by atoms with Crippen molar-refractivity contribution < 1.29 is 20.2 Å². The van der Waals surface area contributed by atoms with Crippen molar-refractivity contribution in [2.45, 2.75) is 0 Å². The van der Waals surface area contributed by atoms with E-state index in [-0.39, 0.29) is 0 Å². The Hall–Kier alpha value is -2.00. The second-order valence-corrected chi connectivity index (χ2v) is 1.71. The van der Waals surface area contributed by atoms with Crippen molar-refractivity contribution in [3.05, 3.63) is 34.3 Å². The Morgan fingerprint density at radius 2 is 2.08 bits per heavy atom. The van der Waals surface area contributed by atoms with Gasteiger partial charge in [0.1, 0.15) is 0 Å². The van der Waals surface area contributed by atoms with E-state index in [0.717, 1.165) is 0 Å². The topological polar surface area (TPSA) is 74.2 Å². The number of benzene rings is 1. The summed E-state index contributed by atoms with van der Waals surface area (Å²) in [6.45, 7) is 0. The van der Waals surface area contributed by atoms with Crippen molar-refractivity contribution in [1.29, 1.82) is 0 Å². The fourth-order valence-corrected chi connectivity index (χ4v) is 0.511. The molecular formula is C7H5N2O3+. The zero-order chi connectivity index (χ0) is 12.5. The van der Waals surface area contributed by atoms with Gasteiger partial charge in [-0.1, -0.05) is 0 Å². The molecule has 0 bridgehead atoms. The molecule has 1 rings (SSSR count). The van der Waals surface area contributed by atoms with Gasteiger partial charge in [0.15, 0.2) is 0 Å².